The molecule has 2 aromatic heterocycles. The van der Waals surface area contributed by atoms with Crippen LogP contribution < -0.4 is 15.6 Å². The number of fused-ring (bicyclic) bond motifs is 1. The highest BCUT2D eigenvalue weighted by molar-refractivity contribution is 5.76. The average molecular weight is 352 g/mol. The number of carbonyl (C=O) groups is 1. The van der Waals surface area contributed by atoms with Crippen LogP contribution in [-0.4, -0.2) is 27.5 Å². The third kappa shape index (κ3) is 4.24. The van der Waals surface area contributed by atoms with E-state index in [9.17, 15) is 9.59 Å². The molecular weight excluding hydrogens is 332 g/mol. The van der Waals surface area contributed by atoms with Crippen LogP contribution in [0.1, 0.15) is 24.6 Å². The molecule has 2 heterocycles. The second-order valence-electron chi connectivity index (χ2n) is 5.71. The number of aromatic nitrogens is 3. The van der Waals surface area contributed by atoms with E-state index in [1.54, 1.807) is 18.3 Å². The van der Waals surface area contributed by atoms with Crippen molar-refractivity contribution in [1.29, 1.82) is 0 Å². The van der Waals surface area contributed by atoms with E-state index in [2.05, 4.69) is 20.3 Å². The zero-order chi connectivity index (χ0) is 18.4. The number of benzene rings is 1. The van der Waals surface area contributed by atoms with E-state index in [0.717, 1.165) is 5.56 Å². The number of nitrogens with one attached hydrogen (secondary N) is 2. The van der Waals surface area contributed by atoms with Crippen LogP contribution in [0.3, 0.4) is 0 Å². The van der Waals surface area contributed by atoms with Crippen molar-refractivity contribution in [3.63, 3.8) is 0 Å². The molecule has 0 spiro atoms. The summed E-state index contributed by atoms with van der Waals surface area (Å²) in [5.41, 5.74) is 2.30. The first-order valence-corrected chi connectivity index (χ1v) is 8.48. The number of rotatable bonds is 7. The second-order valence-corrected chi connectivity index (χ2v) is 5.71. The van der Waals surface area contributed by atoms with Gasteiger partial charge in [-0.1, -0.05) is 18.2 Å². The molecule has 2 N–H and O–H groups in total. The van der Waals surface area contributed by atoms with Gasteiger partial charge in [0.1, 0.15) is 5.69 Å². The predicted octanol–water partition coefficient (Wildman–Crippen LogP) is 1.97. The Labute approximate surface area is 150 Å². The number of hydrogen-bond donors (Lipinski definition) is 2. The fourth-order valence-corrected chi connectivity index (χ4v) is 2.58. The molecule has 0 unspecified atom stereocenters. The minimum absolute atomic E-state index is 0.161. The van der Waals surface area contributed by atoms with Crippen molar-refractivity contribution in [2.24, 2.45) is 0 Å². The van der Waals surface area contributed by atoms with Crippen LogP contribution >= 0.6 is 0 Å². The molecule has 0 bridgehead atoms. The number of pyridine rings is 1. The molecular formula is C19H20N4O3. The van der Waals surface area contributed by atoms with Gasteiger partial charge in [0, 0.05) is 31.1 Å². The quantitative estimate of drug-likeness (QED) is 0.677. The van der Waals surface area contributed by atoms with E-state index < -0.39 is 0 Å². The lowest BCUT2D eigenvalue weighted by Gasteiger charge is -2.09. The minimum atomic E-state index is -0.262. The smallest absolute Gasteiger partial charge is 0.270 e. The van der Waals surface area contributed by atoms with Crippen molar-refractivity contribution in [2.75, 3.05) is 6.61 Å². The number of carbonyl (C=O) groups excluding carboxylic acids is 1. The van der Waals surface area contributed by atoms with Gasteiger partial charge in [-0.15, -0.1) is 0 Å². The number of aromatic amines is 1. The summed E-state index contributed by atoms with van der Waals surface area (Å²) in [4.78, 5) is 35.5. The molecule has 0 radical (unpaired) electrons. The van der Waals surface area contributed by atoms with E-state index in [0.29, 0.717) is 35.8 Å². The van der Waals surface area contributed by atoms with Gasteiger partial charge in [0.05, 0.1) is 17.6 Å². The summed E-state index contributed by atoms with van der Waals surface area (Å²) in [6.07, 6.45) is 2.10. The molecule has 0 aliphatic rings. The fourth-order valence-electron chi connectivity index (χ4n) is 2.58. The molecule has 134 valence electrons. The maximum absolute atomic E-state index is 12.1. The number of aryl methyl sites for hydroxylation is 1. The monoisotopic (exact) mass is 352 g/mol. The Morgan fingerprint density at radius 2 is 2.08 bits per heavy atom. The van der Waals surface area contributed by atoms with Gasteiger partial charge in [-0.05, 0) is 25.1 Å². The van der Waals surface area contributed by atoms with Crippen LogP contribution in [0.15, 0.2) is 47.4 Å². The number of H-pyrrole nitrogens is 1. The molecule has 0 aliphatic carbocycles. The van der Waals surface area contributed by atoms with Crippen molar-refractivity contribution in [3.8, 4) is 5.88 Å². The van der Waals surface area contributed by atoms with Gasteiger partial charge < -0.3 is 15.0 Å². The Morgan fingerprint density at radius 1 is 1.23 bits per heavy atom. The zero-order valence-electron chi connectivity index (χ0n) is 14.5. The van der Waals surface area contributed by atoms with Gasteiger partial charge in [0.2, 0.25) is 11.8 Å². The van der Waals surface area contributed by atoms with Crippen LogP contribution in [0.5, 0.6) is 5.88 Å². The SMILES string of the molecule is CCOc1ncccc1CNC(=O)CCc1nc2ccccc2[nH]c1=O. The van der Waals surface area contributed by atoms with E-state index >= 15 is 0 Å². The molecule has 1 aromatic carbocycles. The largest absolute Gasteiger partial charge is 0.478 e. The summed E-state index contributed by atoms with van der Waals surface area (Å²) >= 11 is 0. The molecule has 0 saturated carbocycles. The second kappa shape index (κ2) is 8.24. The Hall–Kier alpha value is -3.22. The van der Waals surface area contributed by atoms with Crippen LogP contribution in [0, 0.1) is 0 Å². The van der Waals surface area contributed by atoms with Crippen LogP contribution in [-0.2, 0) is 17.8 Å². The summed E-state index contributed by atoms with van der Waals surface area (Å²) in [7, 11) is 0. The maximum Gasteiger partial charge on any atom is 0.270 e. The lowest BCUT2D eigenvalue weighted by molar-refractivity contribution is -0.121. The van der Waals surface area contributed by atoms with Gasteiger partial charge in [0.25, 0.3) is 5.56 Å². The molecule has 0 aliphatic heterocycles. The number of hydrogen-bond acceptors (Lipinski definition) is 5. The zero-order valence-corrected chi connectivity index (χ0v) is 14.5. The molecule has 3 rings (SSSR count). The van der Waals surface area contributed by atoms with Crippen LogP contribution in [0.25, 0.3) is 11.0 Å². The first kappa shape index (κ1) is 17.6. The summed E-state index contributed by atoms with van der Waals surface area (Å²) in [5, 5.41) is 2.83. The van der Waals surface area contributed by atoms with Gasteiger partial charge >= 0.3 is 0 Å². The lowest BCUT2D eigenvalue weighted by atomic mass is 10.2. The van der Waals surface area contributed by atoms with Crippen LogP contribution in [0.2, 0.25) is 0 Å². The summed E-state index contributed by atoms with van der Waals surface area (Å²) < 4.78 is 5.44. The van der Waals surface area contributed by atoms with Gasteiger partial charge in [-0.3, -0.25) is 9.59 Å². The number of ether oxygens (including phenoxy) is 1. The fraction of sp³-hybridized carbons (Fsp3) is 0.263. The summed E-state index contributed by atoms with van der Waals surface area (Å²) in [6.45, 7) is 2.71. The molecule has 26 heavy (non-hydrogen) atoms. The highest BCUT2D eigenvalue weighted by Crippen LogP contribution is 2.14. The van der Waals surface area contributed by atoms with E-state index in [1.807, 2.05) is 31.2 Å². The molecule has 0 fully saturated rings. The highest BCUT2D eigenvalue weighted by atomic mass is 16.5. The van der Waals surface area contributed by atoms with E-state index in [1.165, 1.54) is 0 Å². The number of nitrogens with zero attached hydrogens (tertiary/aromatic N) is 2. The maximum atomic E-state index is 12.1. The topological polar surface area (TPSA) is 97.0 Å². The molecule has 7 heteroatoms. The Bertz CT molecular complexity index is 968. The van der Waals surface area contributed by atoms with Crippen molar-refractivity contribution in [1.82, 2.24) is 20.3 Å². The third-order valence-electron chi connectivity index (χ3n) is 3.87. The highest BCUT2D eigenvalue weighted by Gasteiger charge is 2.10. The molecule has 7 nitrogen and oxygen atoms in total. The van der Waals surface area contributed by atoms with E-state index in [-0.39, 0.29) is 24.3 Å². The van der Waals surface area contributed by atoms with Gasteiger partial charge in [-0.2, -0.15) is 0 Å². The first-order chi connectivity index (χ1) is 12.7. The first-order valence-electron chi connectivity index (χ1n) is 8.48. The van der Waals surface area contributed by atoms with Crippen LogP contribution in [0.4, 0.5) is 0 Å². The summed E-state index contributed by atoms with van der Waals surface area (Å²) in [5.74, 6) is 0.355. The Morgan fingerprint density at radius 3 is 2.92 bits per heavy atom. The third-order valence-corrected chi connectivity index (χ3v) is 3.87. The van der Waals surface area contributed by atoms with Gasteiger partial charge in [-0.25, -0.2) is 9.97 Å². The normalized spacial score (nSPS) is 10.7. The molecule has 1 amide bonds. The number of amides is 1. The van der Waals surface area contributed by atoms with Crippen molar-refractivity contribution >= 4 is 16.9 Å². The van der Waals surface area contributed by atoms with Gasteiger partial charge in [0.15, 0.2) is 0 Å². The average Bonchev–Trinajstić information content (AvgIpc) is 2.66. The predicted molar refractivity (Wildman–Crippen MR) is 97.9 cm³/mol. The van der Waals surface area contributed by atoms with E-state index in [4.69, 9.17) is 4.74 Å². The Balaban J connectivity index is 1.59. The standard InChI is InChI=1S/C19H20N4O3/c1-2-26-19-13(6-5-11-20-19)12-21-17(24)10-9-16-18(25)23-15-8-4-3-7-14(15)22-16/h3-8,11H,2,9-10,12H2,1H3,(H,21,24)(H,23,25). The Kier molecular flexibility index (Phi) is 5.58. The molecule has 0 saturated heterocycles. The molecule has 3 aromatic rings. The summed E-state index contributed by atoms with van der Waals surface area (Å²) in [6, 6.07) is 11.0. The van der Waals surface area contributed by atoms with Crippen molar-refractivity contribution in [2.45, 2.75) is 26.3 Å². The van der Waals surface area contributed by atoms with Crippen molar-refractivity contribution in [3.05, 3.63) is 64.2 Å². The number of para-hydroxylation sites is 2. The van der Waals surface area contributed by atoms with Crippen molar-refractivity contribution < 1.29 is 9.53 Å². The lowest BCUT2D eigenvalue weighted by Crippen LogP contribution is -2.25. The molecule has 0 atom stereocenters. The minimum Gasteiger partial charge on any atom is -0.478 e.